The summed E-state index contributed by atoms with van der Waals surface area (Å²) in [5.74, 6) is -2.00. The summed E-state index contributed by atoms with van der Waals surface area (Å²) in [7, 11) is 1.92. The molecule has 4 rings (SSSR count). The van der Waals surface area contributed by atoms with E-state index in [4.69, 9.17) is 4.42 Å². The SMILES string of the molecule is CN(c1ccc(NC(=O)c2nc(-c3ccccc3)oc2C(F)(F)F)cn1)C1CC1. The maximum atomic E-state index is 13.4. The molecule has 2 heterocycles. The Morgan fingerprint density at radius 2 is 1.90 bits per heavy atom. The average Bonchev–Trinajstić information content (AvgIpc) is 3.45. The van der Waals surface area contributed by atoms with Gasteiger partial charge in [0.1, 0.15) is 5.82 Å². The molecule has 3 aromatic rings. The van der Waals surface area contributed by atoms with Crippen molar-refractivity contribution in [3.8, 4) is 11.5 Å². The normalized spacial score (nSPS) is 13.9. The molecule has 9 heteroatoms. The fourth-order valence-electron chi connectivity index (χ4n) is 2.88. The highest BCUT2D eigenvalue weighted by Gasteiger charge is 2.42. The summed E-state index contributed by atoms with van der Waals surface area (Å²) in [6, 6.07) is 11.8. The third kappa shape index (κ3) is 4.08. The number of nitrogens with zero attached hydrogens (tertiary/aromatic N) is 3. The molecule has 1 aliphatic carbocycles. The van der Waals surface area contributed by atoms with Gasteiger partial charge in [-0.15, -0.1) is 0 Å². The second kappa shape index (κ2) is 7.23. The molecule has 0 unspecified atom stereocenters. The predicted octanol–water partition coefficient (Wildman–Crippen LogP) is 4.61. The topological polar surface area (TPSA) is 71.3 Å². The molecule has 1 amide bonds. The van der Waals surface area contributed by atoms with Gasteiger partial charge in [-0.25, -0.2) is 9.97 Å². The van der Waals surface area contributed by atoms with Crippen LogP contribution in [0.2, 0.25) is 0 Å². The zero-order valence-corrected chi connectivity index (χ0v) is 15.4. The van der Waals surface area contributed by atoms with Crippen LogP contribution in [0.25, 0.3) is 11.5 Å². The highest BCUT2D eigenvalue weighted by molar-refractivity contribution is 6.04. The van der Waals surface area contributed by atoms with E-state index < -0.39 is 23.5 Å². The Hall–Kier alpha value is -3.36. The van der Waals surface area contributed by atoms with Crippen LogP contribution < -0.4 is 10.2 Å². The van der Waals surface area contributed by atoms with Crippen LogP contribution in [0.3, 0.4) is 0 Å². The average molecular weight is 402 g/mol. The molecule has 1 fully saturated rings. The van der Waals surface area contributed by atoms with Crippen LogP contribution in [0.5, 0.6) is 0 Å². The van der Waals surface area contributed by atoms with Crippen LogP contribution in [-0.2, 0) is 6.18 Å². The minimum Gasteiger partial charge on any atom is -0.431 e. The molecular formula is C20H17F3N4O2. The Balaban J connectivity index is 1.58. The number of oxazole rings is 1. The van der Waals surface area contributed by atoms with Gasteiger partial charge in [0.15, 0.2) is 5.69 Å². The molecule has 0 aliphatic heterocycles. The van der Waals surface area contributed by atoms with Gasteiger partial charge < -0.3 is 14.6 Å². The Bertz CT molecular complexity index is 1010. The number of aromatic nitrogens is 2. The lowest BCUT2D eigenvalue weighted by molar-refractivity contribution is -0.153. The maximum absolute atomic E-state index is 13.4. The first-order valence-electron chi connectivity index (χ1n) is 8.96. The van der Waals surface area contributed by atoms with Gasteiger partial charge in [-0.1, -0.05) is 18.2 Å². The first-order chi connectivity index (χ1) is 13.8. The van der Waals surface area contributed by atoms with E-state index in [1.54, 1.807) is 42.5 Å². The summed E-state index contributed by atoms with van der Waals surface area (Å²) < 4.78 is 45.0. The first kappa shape index (κ1) is 19.0. The number of rotatable bonds is 5. The van der Waals surface area contributed by atoms with Crippen molar-refractivity contribution in [3.05, 3.63) is 60.1 Å². The van der Waals surface area contributed by atoms with Crippen molar-refractivity contribution in [2.75, 3.05) is 17.3 Å². The third-order valence-electron chi connectivity index (χ3n) is 4.58. The number of alkyl halides is 3. The van der Waals surface area contributed by atoms with Gasteiger partial charge in [-0.05, 0) is 37.1 Å². The first-order valence-corrected chi connectivity index (χ1v) is 8.96. The lowest BCUT2D eigenvalue weighted by Crippen LogP contribution is -2.21. The van der Waals surface area contributed by atoms with E-state index in [2.05, 4.69) is 15.3 Å². The number of amides is 1. The van der Waals surface area contributed by atoms with Crippen molar-refractivity contribution < 1.29 is 22.4 Å². The second-order valence-electron chi connectivity index (χ2n) is 6.76. The molecule has 0 atom stereocenters. The largest absolute Gasteiger partial charge is 0.452 e. The minimum atomic E-state index is -4.86. The van der Waals surface area contributed by atoms with Crippen LogP contribution in [0.4, 0.5) is 24.7 Å². The number of anilines is 2. The molecule has 0 radical (unpaired) electrons. The number of nitrogens with one attached hydrogen (secondary N) is 1. The van der Waals surface area contributed by atoms with E-state index in [1.165, 1.54) is 6.20 Å². The van der Waals surface area contributed by atoms with Crippen molar-refractivity contribution in [2.45, 2.75) is 25.1 Å². The lowest BCUT2D eigenvalue weighted by Gasteiger charge is -2.17. The van der Waals surface area contributed by atoms with E-state index >= 15 is 0 Å². The van der Waals surface area contributed by atoms with Gasteiger partial charge in [0, 0.05) is 18.7 Å². The Kier molecular flexibility index (Phi) is 4.73. The van der Waals surface area contributed by atoms with Crippen LogP contribution in [0.1, 0.15) is 29.1 Å². The van der Waals surface area contributed by atoms with E-state index in [-0.39, 0.29) is 11.6 Å². The van der Waals surface area contributed by atoms with Gasteiger partial charge in [0.2, 0.25) is 11.7 Å². The molecule has 1 aromatic carbocycles. The monoisotopic (exact) mass is 402 g/mol. The molecule has 29 heavy (non-hydrogen) atoms. The van der Waals surface area contributed by atoms with Gasteiger partial charge in [-0.2, -0.15) is 13.2 Å². The van der Waals surface area contributed by atoms with Crippen molar-refractivity contribution in [3.63, 3.8) is 0 Å². The van der Waals surface area contributed by atoms with Crippen LogP contribution in [-0.4, -0.2) is 29.0 Å². The van der Waals surface area contributed by atoms with Crippen molar-refractivity contribution in [2.24, 2.45) is 0 Å². The van der Waals surface area contributed by atoms with Gasteiger partial charge in [-0.3, -0.25) is 4.79 Å². The van der Waals surface area contributed by atoms with E-state index in [0.29, 0.717) is 11.6 Å². The number of pyridine rings is 1. The summed E-state index contributed by atoms with van der Waals surface area (Å²) in [5, 5.41) is 2.40. The molecule has 1 saturated carbocycles. The van der Waals surface area contributed by atoms with Gasteiger partial charge in [0.25, 0.3) is 5.91 Å². The molecule has 6 nitrogen and oxygen atoms in total. The number of benzene rings is 1. The zero-order valence-electron chi connectivity index (χ0n) is 15.4. The number of hydrogen-bond donors (Lipinski definition) is 1. The summed E-state index contributed by atoms with van der Waals surface area (Å²) >= 11 is 0. The predicted molar refractivity (Wildman–Crippen MR) is 101 cm³/mol. The Labute approximate surface area is 164 Å². The smallest absolute Gasteiger partial charge is 0.431 e. The number of halogens is 3. The highest BCUT2D eigenvalue weighted by Crippen LogP contribution is 2.35. The molecule has 150 valence electrons. The number of hydrogen-bond acceptors (Lipinski definition) is 5. The van der Waals surface area contributed by atoms with Crippen molar-refractivity contribution in [1.29, 1.82) is 0 Å². The summed E-state index contributed by atoms with van der Waals surface area (Å²) in [5.41, 5.74) is -0.220. The lowest BCUT2D eigenvalue weighted by atomic mass is 10.2. The van der Waals surface area contributed by atoms with Crippen molar-refractivity contribution in [1.82, 2.24) is 9.97 Å². The second-order valence-corrected chi connectivity index (χ2v) is 6.76. The van der Waals surface area contributed by atoms with E-state index in [1.807, 2.05) is 11.9 Å². The van der Waals surface area contributed by atoms with Gasteiger partial charge >= 0.3 is 6.18 Å². The Morgan fingerprint density at radius 1 is 1.17 bits per heavy atom. The summed E-state index contributed by atoms with van der Waals surface area (Å²) in [6.07, 6.45) is -1.25. The zero-order chi connectivity index (χ0) is 20.6. The molecule has 1 aliphatic rings. The van der Waals surface area contributed by atoms with Crippen LogP contribution in [0, 0.1) is 0 Å². The minimum absolute atomic E-state index is 0.264. The quantitative estimate of drug-likeness (QED) is 0.675. The van der Waals surface area contributed by atoms with Crippen molar-refractivity contribution >= 4 is 17.4 Å². The van der Waals surface area contributed by atoms with Crippen LogP contribution in [0.15, 0.2) is 53.1 Å². The Morgan fingerprint density at radius 3 is 2.48 bits per heavy atom. The summed E-state index contributed by atoms with van der Waals surface area (Å²) in [4.78, 5) is 22.6. The fourth-order valence-corrected chi connectivity index (χ4v) is 2.88. The molecule has 0 bridgehead atoms. The molecule has 0 spiro atoms. The molecular weight excluding hydrogens is 385 g/mol. The van der Waals surface area contributed by atoms with E-state index in [0.717, 1.165) is 18.7 Å². The third-order valence-corrected chi connectivity index (χ3v) is 4.58. The fraction of sp³-hybridized carbons (Fsp3) is 0.250. The molecule has 0 saturated heterocycles. The number of carbonyl (C=O) groups excluding carboxylic acids is 1. The van der Waals surface area contributed by atoms with Crippen LogP contribution >= 0.6 is 0 Å². The molecule has 1 N–H and O–H groups in total. The molecule has 2 aromatic heterocycles. The van der Waals surface area contributed by atoms with Gasteiger partial charge in [0.05, 0.1) is 11.9 Å². The summed E-state index contributed by atoms with van der Waals surface area (Å²) in [6.45, 7) is 0. The standard InChI is InChI=1S/C20H17F3N4O2/c1-27(14-8-9-14)15-10-7-13(11-24-15)25-18(28)16-17(20(21,22)23)29-19(26-16)12-5-3-2-4-6-12/h2-7,10-11,14H,8-9H2,1H3,(H,25,28). The maximum Gasteiger partial charge on any atom is 0.452 e. The highest BCUT2D eigenvalue weighted by atomic mass is 19.4. The van der Waals surface area contributed by atoms with E-state index in [9.17, 15) is 18.0 Å². The number of carbonyl (C=O) groups is 1.